The highest BCUT2D eigenvalue weighted by atomic mass is 19.1. The first-order chi connectivity index (χ1) is 8.61. The number of aromatic hydroxyl groups is 1. The fraction of sp³-hybridized carbons (Fsp3) is 0. The maximum absolute atomic E-state index is 13.1. The number of halogens is 2. The Morgan fingerprint density at radius 2 is 1.72 bits per heavy atom. The number of fused-ring (bicyclic) bond motifs is 1. The molecule has 0 spiro atoms. The number of phenols is 1. The molecule has 0 saturated heterocycles. The molecule has 5 heteroatoms. The summed E-state index contributed by atoms with van der Waals surface area (Å²) in [6.45, 7) is 0. The van der Waals surface area contributed by atoms with Crippen molar-refractivity contribution in [3.8, 4) is 17.1 Å². The van der Waals surface area contributed by atoms with Crippen LogP contribution in [0.5, 0.6) is 5.75 Å². The monoisotopic (exact) mass is 246 g/mol. The van der Waals surface area contributed by atoms with Gasteiger partial charge in [0.1, 0.15) is 23.2 Å². The van der Waals surface area contributed by atoms with E-state index in [1.807, 2.05) is 0 Å². The first-order valence-electron chi connectivity index (χ1n) is 5.27. The van der Waals surface area contributed by atoms with Crippen LogP contribution in [-0.4, -0.2) is 15.1 Å². The molecule has 18 heavy (non-hydrogen) atoms. The Hall–Kier alpha value is -2.43. The van der Waals surface area contributed by atoms with Crippen LogP contribution in [0.4, 0.5) is 8.78 Å². The second-order valence-corrected chi connectivity index (χ2v) is 3.94. The minimum absolute atomic E-state index is 0.100. The van der Waals surface area contributed by atoms with Gasteiger partial charge in [0.05, 0.1) is 11.0 Å². The van der Waals surface area contributed by atoms with E-state index < -0.39 is 11.6 Å². The van der Waals surface area contributed by atoms with E-state index in [0.29, 0.717) is 22.4 Å². The number of H-pyrrole nitrogens is 1. The lowest BCUT2D eigenvalue weighted by Crippen LogP contribution is -1.85. The normalized spacial score (nSPS) is 11.0. The van der Waals surface area contributed by atoms with Crippen LogP contribution in [0.3, 0.4) is 0 Å². The van der Waals surface area contributed by atoms with Crippen molar-refractivity contribution in [3.05, 3.63) is 48.0 Å². The molecule has 90 valence electrons. The fourth-order valence-electron chi connectivity index (χ4n) is 1.82. The molecule has 0 unspecified atom stereocenters. The molecule has 0 aliphatic carbocycles. The number of rotatable bonds is 1. The van der Waals surface area contributed by atoms with Crippen LogP contribution in [-0.2, 0) is 0 Å². The highest BCUT2D eigenvalue weighted by Gasteiger charge is 2.08. The third-order valence-electron chi connectivity index (χ3n) is 2.60. The van der Waals surface area contributed by atoms with Gasteiger partial charge in [-0.3, -0.25) is 0 Å². The maximum Gasteiger partial charge on any atom is 0.138 e. The van der Waals surface area contributed by atoms with Gasteiger partial charge in [0.25, 0.3) is 0 Å². The fourth-order valence-corrected chi connectivity index (χ4v) is 1.82. The van der Waals surface area contributed by atoms with Gasteiger partial charge in [0.15, 0.2) is 0 Å². The van der Waals surface area contributed by atoms with Crippen LogP contribution in [0.25, 0.3) is 22.4 Å². The summed E-state index contributed by atoms with van der Waals surface area (Å²) < 4.78 is 26.2. The zero-order chi connectivity index (χ0) is 12.7. The zero-order valence-corrected chi connectivity index (χ0v) is 9.11. The van der Waals surface area contributed by atoms with Crippen LogP contribution in [0.15, 0.2) is 36.4 Å². The minimum atomic E-state index is -0.659. The molecule has 0 aliphatic rings. The van der Waals surface area contributed by atoms with Gasteiger partial charge in [-0.2, -0.15) is 0 Å². The number of aromatic amines is 1. The molecular weight excluding hydrogens is 238 g/mol. The summed E-state index contributed by atoms with van der Waals surface area (Å²) in [6.07, 6.45) is 0. The smallest absolute Gasteiger partial charge is 0.138 e. The molecule has 0 bridgehead atoms. The van der Waals surface area contributed by atoms with Crippen LogP contribution in [0.1, 0.15) is 0 Å². The van der Waals surface area contributed by atoms with Crippen molar-refractivity contribution < 1.29 is 13.9 Å². The molecule has 1 aromatic heterocycles. The minimum Gasteiger partial charge on any atom is -0.508 e. The Morgan fingerprint density at radius 3 is 2.44 bits per heavy atom. The van der Waals surface area contributed by atoms with Crippen LogP contribution in [0, 0.1) is 11.6 Å². The van der Waals surface area contributed by atoms with E-state index in [9.17, 15) is 13.9 Å². The summed E-state index contributed by atoms with van der Waals surface area (Å²) >= 11 is 0. The van der Waals surface area contributed by atoms with E-state index in [2.05, 4.69) is 9.97 Å². The van der Waals surface area contributed by atoms with E-state index >= 15 is 0 Å². The average molecular weight is 246 g/mol. The number of nitrogens with zero attached hydrogens (tertiary/aromatic N) is 1. The van der Waals surface area contributed by atoms with Gasteiger partial charge in [-0.1, -0.05) is 0 Å². The SMILES string of the molecule is Oc1ccc2nc(-c3cc(F)cc(F)c3)[nH]c2c1. The van der Waals surface area contributed by atoms with Gasteiger partial charge in [-0.25, -0.2) is 13.8 Å². The van der Waals surface area contributed by atoms with E-state index in [1.54, 1.807) is 6.07 Å². The summed E-state index contributed by atoms with van der Waals surface area (Å²) in [4.78, 5) is 7.11. The van der Waals surface area contributed by atoms with Crippen molar-refractivity contribution in [2.75, 3.05) is 0 Å². The average Bonchev–Trinajstić information content (AvgIpc) is 2.70. The molecule has 1 heterocycles. The highest BCUT2D eigenvalue weighted by Crippen LogP contribution is 2.24. The van der Waals surface area contributed by atoms with E-state index in [0.717, 1.165) is 6.07 Å². The molecule has 0 aliphatic heterocycles. The lowest BCUT2D eigenvalue weighted by molar-refractivity contribution is 0.476. The summed E-state index contributed by atoms with van der Waals surface area (Å²) in [7, 11) is 0. The summed E-state index contributed by atoms with van der Waals surface area (Å²) in [5, 5.41) is 9.33. The third-order valence-corrected chi connectivity index (χ3v) is 2.60. The van der Waals surface area contributed by atoms with Gasteiger partial charge >= 0.3 is 0 Å². The topological polar surface area (TPSA) is 48.9 Å². The van der Waals surface area contributed by atoms with Crippen molar-refractivity contribution in [2.45, 2.75) is 0 Å². The summed E-state index contributed by atoms with van der Waals surface area (Å²) in [5.74, 6) is -0.862. The second-order valence-electron chi connectivity index (χ2n) is 3.94. The summed E-state index contributed by atoms with van der Waals surface area (Å²) in [5.41, 5.74) is 1.55. The molecule has 3 nitrogen and oxygen atoms in total. The van der Waals surface area contributed by atoms with Gasteiger partial charge in [0.2, 0.25) is 0 Å². The predicted octanol–water partition coefficient (Wildman–Crippen LogP) is 3.21. The third kappa shape index (κ3) is 1.79. The molecule has 0 atom stereocenters. The van der Waals surface area contributed by atoms with Crippen LogP contribution >= 0.6 is 0 Å². The molecule has 3 aromatic rings. The standard InChI is InChI=1S/C13H8F2N2O/c14-8-3-7(4-9(15)5-8)13-16-11-2-1-10(18)6-12(11)17-13/h1-6,18H,(H,16,17). The quantitative estimate of drug-likeness (QED) is 0.692. The number of phenolic OH excluding ortho intramolecular Hbond substituents is 1. The zero-order valence-electron chi connectivity index (χ0n) is 9.11. The Kier molecular flexibility index (Phi) is 2.26. The van der Waals surface area contributed by atoms with Gasteiger partial charge in [0, 0.05) is 17.7 Å². The molecular formula is C13H8F2N2O. The van der Waals surface area contributed by atoms with E-state index in [4.69, 9.17) is 0 Å². The maximum atomic E-state index is 13.1. The molecule has 0 amide bonds. The van der Waals surface area contributed by atoms with Crippen molar-refractivity contribution in [2.24, 2.45) is 0 Å². The van der Waals surface area contributed by atoms with Crippen LogP contribution < -0.4 is 0 Å². The number of hydrogen-bond donors (Lipinski definition) is 2. The number of imidazole rings is 1. The Morgan fingerprint density at radius 1 is 1.00 bits per heavy atom. The second kappa shape index (κ2) is 3.80. The van der Waals surface area contributed by atoms with Gasteiger partial charge in [-0.15, -0.1) is 0 Å². The van der Waals surface area contributed by atoms with Crippen LogP contribution in [0.2, 0.25) is 0 Å². The van der Waals surface area contributed by atoms with Crippen molar-refractivity contribution >= 4 is 11.0 Å². The Balaban J connectivity index is 2.19. The number of aromatic nitrogens is 2. The summed E-state index contributed by atoms with van der Waals surface area (Å²) in [6, 6.07) is 7.82. The van der Waals surface area contributed by atoms with E-state index in [-0.39, 0.29) is 5.75 Å². The predicted molar refractivity (Wildman–Crippen MR) is 63.1 cm³/mol. The first kappa shape index (κ1) is 10.7. The molecule has 0 radical (unpaired) electrons. The largest absolute Gasteiger partial charge is 0.508 e. The lowest BCUT2D eigenvalue weighted by Gasteiger charge is -1.97. The lowest BCUT2D eigenvalue weighted by atomic mass is 10.2. The number of nitrogens with one attached hydrogen (secondary N) is 1. The Bertz CT molecular complexity index is 717. The van der Waals surface area contributed by atoms with Crippen molar-refractivity contribution in [1.29, 1.82) is 0 Å². The number of benzene rings is 2. The molecule has 0 saturated carbocycles. The van der Waals surface area contributed by atoms with Crippen molar-refractivity contribution in [1.82, 2.24) is 9.97 Å². The molecule has 2 N–H and O–H groups in total. The number of hydrogen-bond acceptors (Lipinski definition) is 2. The Labute approximate surface area is 101 Å². The first-order valence-corrected chi connectivity index (χ1v) is 5.27. The van der Waals surface area contributed by atoms with Crippen molar-refractivity contribution in [3.63, 3.8) is 0 Å². The molecule has 2 aromatic carbocycles. The van der Waals surface area contributed by atoms with Gasteiger partial charge < -0.3 is 10.1 Å². The highest BCUT2D eigenvalue weighted by molar-refractivity contribution is 5.80. The molecule has 0 fully saturated rings. The van der Waals surface area contributed by atoms with E-state index in [1.165, 1.54) is 24.3 Å². The molecule has 3 rings (SSSR count). The van der Waals surface area contributed by atoms with Gasteiger partial charge in [-0.05, 0) is 24.3 Å².